The molecule has 3 nitrogen and oxygen atoms in total. The standard InChI is InChI=1S/Ho.3O.Yb/q+3;3*-2;+3. The molecule has 0 amide bonds. The fourth-order valence-corrected chi connectivity index (χ4v) is 0. The van der Waals surface area contributed by atoms with Gasteiger partial charge in [0.2, 0.25) is 0 Å². The van der Waals surface area contributed by atoms with Gasteiger partial charge in [0, 0.05) is 0 Å². The van der Waals surface area contributed by atoms with E-state index in [1.165, 1.54) is 0 Å². The van der Waals surface area contributed by atoms with Gasteiger partial charge in [0.15, 0.2) is 0 Å². The molecule has 5 heavy (non-hydrogen) atoms. The third-order valence-corrected chi connectivity index (χ3v) is 0. The van der Waals surface area contributed by atoms with Crippen molar-refractivity contribution >= 4 is 0 Å². The quantitative estimate of drug-likeness (QED) is 0.510. The van der Waals surface area contributed by atoms with Crippen LogP contribution in [0.15, 0.2) is 0 Å². The van der Waals surface area contributed by atoms with E-state index in [4.69, 9.17) is 0 Å². The maximum absolute atomic E-state index is 0. The first-order chi connectivity index (χ1) is 0. The second-order valence-corrected chi connectivity index (χ2v) is 0. The zero-order valence-electron chi connectivity index (χ0n) is 1.79. The average Bonchev–Trinajstić information content (AvgIpc) is 0. The summed E-state index contributed by atoms with van der Waals surface area (Å²) in [6.45, 7) is 0. The van der Waals surface area contributed by atoms with E-state index in [9.17, 15) is 0 Å². The van der Waals surface area contributed by atoms with Crippen LogP contribution in [-0.2, 0) is 16.4 Å². The van der Waals surface area contributed by atoms with Gasteiger partial charge in [-0.15, -0.1) is 0 Å². The maximum atomic E-state index is 0. The second kappa shape index (κ2) is 30.2. The van der Waals surface area contributed by atoms with E-state index < -0.39 is 0 Å². The Hall–Kier alpha value is 2.66. The summed E-state index contributed by atoms with van der Waals surface area (Å²) in [5.41, 5.74) is 0. The van der Waals surface area contributed by atoms with Crippen LogP contribution in [0.1, 0.15) is 0 Å². The first-order valence-corrected chi connectivity index (χ1v) is 0. The number of rotatable bonds is 0. The summed E-state index contributed by atoms with van der Waals surface area (Å²) in [6, 6.07) is 0. The van der Waals surface area contributed by atoms with Crippen molar-refractivity contribution in [3.8, 4) is 0 Å². The molecule has 0 saturated carbocycles. The van der Waals surface area contributed by atoms with E-state index in [0.717, 1.165) is 0 Å². The molecule has 1 radical (unpaired) electrons. The van der Waals surface area contributed by atoms with Crippen LogP contribution in [0.2, 0.25) is 0 Å². The summed E-state index contributed by atoms with van der Waals surface area (Å²) >= 11 is 0. The minimum atomic E-state index is 0. The average molecular weight is 386 g/mol. The molecule has 0 N–H and O–H groups in total. The van der Waals surface area contributed by atoms with Crippen molar-refractivity contribution in [2.75, 3.05) is 0 Å². The van der Waals surface area contributed by atoms with Gasteiger partial charge < -0.3 is 16.4 Å². The molecule has 0 atom stereocenters. The smallest absolute Gasteiger partial charge is 2.00 e. The van der Waals surface area contributed by atoms with Gasteiger partial charge in [-0.3, -0.25) is 0 Å². The monoisotopic (exact) mass is 387 g/mol. The zero-order valence-corrected chi connectivity index (χ0v) is 5.44. The van der Waals surface area contributed by atoms with E-state index in [2.05, 4.69) is 0 Å². The van der Waals surface area contributed by atoms with Crippen LogP contribution in [0.5, 0.6) is 0 Å². The third kappa shape index (κ3) is 20.4. The van der Waals surface area contributed by atoms with Gasteiger partial charge in [0.25, 0.3) is 0 Å². The van der Waals surface area contributed by atoms with Gasteiger partial charge >= 0.3 is 84.7 Å². The van der Waals surface area contributed by atoms with Crippen LogP contribution < -0.4 is 0 Å². The normalized spacial score (nSPS) is 0. The third-order valence-electron chi connectivity index (χ3n) is 0. The molecule has 0 heterocycles. The summed E-state index contributed by atoms with van der Waals surface area (Å²) in [6.07, 6.45) is 0. The topological polar surface area (TPSA) is 85.5 Å². The van der Waals surface area contributed by atoms with Crippen LogP contribution in [0.4, 0.5) is 0 Å². The summed E-state index contributed by atoms with van der Waals surface area (Å²) in [5, 5.41) is 0. The van der Waals surface area contributed by atoms with Crippen LogP contribution >= 0.6 is 0 Å². The van der Waals surface area contributed by atoms with Crippen molar-refractivity contribution in [1.82, 2.24) is 0 Å². The molecule has 0 aromatic heterocycles. The minimum Gasteiger partial charge on any atom is -2.00 e. The molecule has 0 aliphatic carbocycles. The van der Waals surface area contributed by atoms with Crippen molar-refractivity contribution in [3.05, 3.63) is 0 Å². The molecule has 0 aromatic carbocycles. The molecule has 0 aliphatic heterocycles. The van der Waals surface area contributed by atoms with Gasteiger partial charge in [-0.2, -0.15) is 0 Å². The van der Waals surface area contributed by atoms with Crippen molar-refractivity contribution < 1.29 is 101 Å². The molecular weight excluding hydrogens is 386 g/mol. The first kappa shape index (κ1) is 48.0. The summed E-state index contributed by atoms with van der Waals surface area (Å²) < 4.78 is 0. The van der Waals surface area contributed by atoms with Crippen LogP contribution in [-0.4, -0.2) is 0 Å². The molecule has 0 unspecified atom stereocenters. The molecule has 0 aromatic rings. The Morgan fingerprint density at radius 1 is 0.600 bits per heavy atom. The Kier molecular flexibility index (Phi) is 290. The predicted molar refractivity (Wildman–Crippen MR) is 2.06 cm³/mol. The first-order valence-electron chi connectivity index (χ1n) is 0. The fraction of sp³-hybridized carbons (Fsp3) is 0. The van der Waals surface area contributed by atoms with Crippen LogP contribution in [0.25, 0.3) is 0 Å². The summed E-state index contributed by atoms with van der Waals surface area (Å²) in [7, 11) is 0. The molecule has 0 rings (SSSR count). The van der Waals surface area contributed by atoms with E-state index in [0.29, 0.717) is 0 Å². The van der Waals surface area contributed by atoms with Gasteiger partial charge in [-0.25, -0.2) is 0 Å². The van der Waals surface area contributed by atoms with Gasteiger partial charge in [0.1, 0.15) is 0 Å². The maximum Gasteiger partial charge on any atom is 3.00 e. The Balaban J connectivity index is 0. The van der Waals surface area contributed by atoms with Crippen molar-refractivity contribution in [3.63, 3.8) is 0 Å². The molecule has 5 heteroatoms. The Bertz CT molecular complexity index is 6.85. The van der Waals surface area contributed by atoms with E-state index >= 15 is 0 Å². The largest absolute Gasteiger partial charge is 3.00 e. The summed E-state index contributed by atoms with van der Waals surface area (Å²) in [5.74, 6) is 0. The SMILES string of the molecule is [Ho+3].[O-2].[O-2].[O-2].[Yb+3]. The number of hydrogen-bond donors (Lipinski definition) is 0. The molecule has 0 aliphatic rings. The zero-order chi connectivity index (χ0) is 0. The van der Waals surface area contributed by atoms with E-state index in [1.807, 2.05) is 0 Å². The van der Waals surface area contributed by atoms with Crippen LogP contribution in [0.3, 0.4) is 0 Å². The Morgan fingerprint density at radius 3 is 0.600 bits per heavy atom. The molecular formula is HoO3Yb. The van der Waals surface area contributed by atoms with Crippen LogP contribution in [0, 0.1) is 84.7 Å². The molecule has 0 bridgehead atoms. The Morgan fingerprint density at radius 2 is 0.600 bits per heavy atom. The molecule has 0 spiro atoms. The number of hydrogen-bond acceptors (Lipinski definition) is 0. The van der Waals surface area contributed by atoms with Crippen molar-refractivity contribution in [2.45, 2.75) is 0 Å². The van der Waals surface area contributed by atoms with E-state index in [1.54, 1.807) is 0 Å². The minimum absolute atomic E-state index is 0. The molecule has 0 fully saturated rings. The fourth-order valence-electron chi connectivity index (χ4n) is 0. The van der Waals surface area contributed by atoms with Gasteiger partial charge in [-0.1, -0.05) is 0 Å². The van der Waals surface area contributed by atoms with E-state index in [-0.39, 0.29) is 101 Å². The van der Waals surface area contributed by atoms with Gasteiger partial charge in [-0.05, 0) is 0 Å². The van der Waals surface area contributed by atoms with Crippen molar-refractivity contribution in [1.29, 1.82) is 0 Å². The second-order valence-electron chi connectivity index (χ2n) is 0. The molecule has 0 saturated heterocycles. The van der Waals surface area contributed by atoms with Crippen molar-refractivity contribution in [2.24, 2.45) is 0 Å². The predicted octanol–water partition coefficient (Wildman–Crippen LogP) is -0.356. The summed E-state index contributed by atoms with van der Waals surface area (Å²) in [4.78, 5) is 0. The molecule has 43 valence electrons. The Labute approximate surface area is 98.7 Å². The van der Waals surface area contributed by atoms with Gasteiger partial charge in [0.05, 0.1) is 0 Å².